The van der Waals surface area contributed by atoms with Gasteiger partial charge in [0.25, 0.3) is 5.91 Å². The van der Waals surface area contributed by atoms with Crippen molar-refractivity contribution in [2.75, 3.05) is 11.4 Å². The van der Waals surface area contributed by atoms with Crippen LogP contribution in [0.25, 0.3) is 0 Å². The summed E-state index contributed by atoms with van der Waals surface area (Å²) >= 11 is 0. The minimum atomic E-state index is -10.1. The SMILES string of the molecule is C[C@H]1CN(C#N)[C@H]1C(=O)N(c1ccc(S(F)(F)(F)(F)F)cc1)C(C(=O)NC1CCC(F)(F)CC1)c1cncc(F)c1. The van der Waals surface area contributed by atoms with Gasteiger partial charge in [-0.15, -0.1) is 0 Å². The van der Waals surface area contributed by atoms with Gasteiger partial charge in [-0.25, -0.2) is 13.2 Å². The molecule has 41 heavy (non-hydrogen) atoms. The Morgan fingerprint density at radius 1 is 1.12 bits per heavy atom. The molecular weight excluding hydrogens is 586 g/mol. The van der Waals surface area contributed by atoms with Gasteiger partial charge in [0, 0.05) is 48.8 Å². The number of hydrogen-bond donors (Lipinski definition) is 1. The van der Waals surface area contributed by atoms with Crippen LogP contribution < -0.4 is 10.2 Å². The first-order valence-corrected chi connectivity index (χ1v) is 14.4. The van der Waals surface area contributed by atoms with Gasteiger partial charge in [0.2, 0.25) is 11.8 Å². The zero-order chi connectivity index (χ0) is 30.4. The molecule has 16 heteroatoms. The molecule has 2 fully saturated rings. The van der Waals surface area contributed by atoms with E-state index in [1.165, 1.54) is 0 Å². The van der Waals surface area contributed by atoms with Crippen LogP contribution in [0.2, 0.25) is 0 Å². The van der Waals surface area contributed by atoms with Gasteiger partial charge < -0.3 is 5.32 Å². The summed E-state index contributed by atoms with van der Waals surface area (Å²) < 4.78 is 109. The molecule has 0 radical (unpaired) electrons. The number of benzene rings is 1. The highest BCUT2D eigenvalue weighted by molar-refractivity contribution is 8.45. The van der Waals surface area contributed by atoms with E-state index in [4.69, 9.17) is 0 Å². The van der Waals surface area contributed by atoms with Crippen molar-refractivity contribution in [1.82, 2.24) is 15.2 Å². The molecule has 1 aliphatic carbocycles. The summed E-state index contributed by atoms with van der Waals surface area (Å²) in [6.07, 6.45) is 2.31. The summed E-state index contributed by atoms with van der Waals surface area (Å²) in [4.78, 5) is 30.7. The van der Waals surface area contributed by atoms with E-state index in [1.54, 1.807) is 13.1 Å². The summed E-state index contributed by atoms with van der Waals surface area (Å²) in [5.41, 5.74) is -0.665. The number of nitriles is 1. The molecule has 0 spiro atoms. The van der Waals surface area contributed by atoms with E-state index in [0.29, 0.717) is 17.0 Å². The molecule has 7 nitrogen and oxygen atoms in total. The van der Waals surface area contributed by atoms with E-state index in [-0.39, 0.29) is 37.1 Å². The Balaban J connectivity index is 1.81. The number of nitrogens with one attached hydrogen (secondary N) is 1. The van der Waals surface area contributed by atoms with Crippen LogP contribution in [0.5, 0.6) is 0 Å². The summed E-state index contributed by atoms with van der Waals surface area (Å²) in [6, 6.07) is -1.65. The topological polar surface area (TPSA) is 89.3 Å². The number of aromatic nitrogens is 1. The lowest BCUT2D eigenvalue weighted by molar-refractivity contribution is -0.133. The third-order valence-electron chi connectivity index (χ3n) is 7.15. The molecule has 1 N–H and O–H groups in total. The number of carbonyl (C=O) groups is 2. The molecule has 4 rings (SSSR count). The molecule has 1 aliphatic heterocycles. The largest absolute Gasteiger partial charge is 0.351 e. The number of carbonyl (C=O) groups excluding carboxylic acids is 2. The molecule has 0 bridgehead atoms. The number of rotatable bonds is 7. The fourth-order valence-corrected chi connectivity index (χ4v) is 5.69. The molecule has 2 aliphatic rings. The van der Waals surface area contributed by atoms with E-state index in [0.717, 1.165) is 23.4 Å². The number of anilines is 1. The van der Waals surface area contributed by atoms with Crippen LogP contribution in [0.4, 0.5) is 38.3 Å². The maximum Gasteiger partial charge on any atom is 0.310 e. The Morgan fingerprint density at radius 3 is 2.24 bits per heavy atom. The molecule has 1 aromatic heterocycles. The minimum absolute atomic E-state index is 0.0610. The molecule has 2 aromatic rings. The number of amides is 2. The minimum Gasteiger partial charge on any atom is -0.351 e. The molecule has 1 unspecified atom stereocenters. The average Bonchev–Trinajstić information content (AvgIpc) is 2.85. The average molecular weight is 612 g/mol. The van der Waals surface area contributed by atoms with Crippen LogP contribution >= 0.6 is 10.2 Å². The third-order valence-corrected chi connectivity index (χ3v) is 8.31. The zero-order valence-electron chi connectivity index (χ0n) is 21.4. The van der Waals surface area contributed by atoms with Crippen LogP contribution in [-0.4, -0.2) is 46.2 Å². The van der Waals surface area contributed by atoms with Crippen molar-refractivity contribution < 1.29 is 42.2 Å². The molecule has 1 saturated carbocycles. The second-order valence-electron chi connectivity index (χ2n) is 10.3. The van der Waals surface area contributed by atoms with Crippen LogP contribution in [0.15, 0.2) is 47.6 Å². The molecule has 1 aromatic carbocycles. The first kappa shape index (κ1) is 30.4. The maximum atomic E-state index is 14.2. The highest BCUT2D eigenvalue weighted by Crippen LogP contribution is 3.02. The van der Waals surface area contributed by atoms with Gasteiger partial charge >= 0.3 is 10.2 Å². The summed E-state index contributed by atoms with van der Waals surface area (Å²) in [7, 11) is -10.1. The number of likely N-dealkylation sites (tertiary alicyclic amines) is 1. The second kappa shape index (κ2) is 9.74. The number of hydrogen-bond acceptors (Lipinski definition) is 5. The first-order chi connectivity index (χ1) is 18.8. The monoisotopic (exact) mass is 611 g/mol. The van der Waals surface area contributed by atoms with Crippen LogP contribution in [0.1, 0.15) is 44.2 Å². The van der Waals surface area contributed by atoms with Gasteiger partial charge in [-0.05, 0) is 43.2 Å². The Kier molecular flexibility index (Phi) is 7.21. The Morgan fingerprint density at radius 2 is 1.73 bits per heavy atom. The number of halogens is 8. The molecule has 2 amide bonds. The lowest BCUT2D eigenvalue weighted by atomic mass is 9.88. The van der Waals surface area contributed by atoms with E-state index < -0.39 is 81.2 Å². The predicted octanol–water partition coefficient (Wildman–Crippen LogP) is 6.45. The van der Waals surface area contributed by atoms with Crippen molar-refractivity contribution in [2.45, 2.75) is 61.6 Å². The van der Waals surface area contributed by atoms with Crippen molar-refractivity contribution >= 4 is 27.7 Å². The van der Waals surface area contributed by atoms with Gasteiger partial charge in [-0.3, -0.25) is 24.4 Å². The third kappa shape index (κ3) is 6.66. The fraction of sp³-hybridized carbons (Fsp3) is 0.440. The van der Waals surface area contributed by atoms with E-state index in [1.807, 2.05) is 0 Å². The summed E-state index contributed by atoms with van der Waals surface area (Å²) in [5, 5.41) is 12.0. The zero-order valence-corrected chi connectivity index (χ0v) is 22.2. The molecule has 1 saturated heterocycles. The highest BCUT2D eigenvalue weighted by atomic mass is 32.5. The van der Waals surface area contributed by atoms with E-state index in [9.17, 15) is 47.5 Å². The highest BCUT2D eigenvalue weighted by Gasteiger charge is 2.65. The van der Waals surface area contributed by atoms with Crippen molar-refractivity contribution in [3.63, 3.8) is 0 Å². The molecule has 2 heterocycles. The first-order valence-electron chi connectivity index (χ1n) is 12.4. The molecule has 224 valence electrons. The Hall–Kier alpha value is -3.61. The van der Waals surface area contributed by atoms with Gasteiger partial charge in [0.1, 0.15) is 22.8 Å². The van der Waals surface area contributed by atoms with Gasteiger partial charge in [-0.1, -0.05) is 26.4 Å². The Labute approximate surface area is 229 Å². The van der Waals surface area contributed by atoms with E-state index in [2.05, 4.69) is 10.3 Å². The molecule has 3 atom stereocenters. The number of pyridine rings is 1. The second-order valence-corrected chi connectivity index (χ2v) is 12.7. The Bertz CT molecular complexity index is 1370. The number of nitrogens with zero attached hydrogens (tertiary/aromatic N) is 4. The summed E-state index contributed by atoms with van der Waals surface area (Å²) in [6.45, 7) is 1.76. The van der Waals surface area contributed by atoms with Crippen molar-refractivity contribution in [3.8, 4) is 6.19 Å². The standard InChI is InChI=1S/C25H25F8N5O2S/c1-15-13-37(14-34)21(15)24(40)38(19-2-4-20(5-3-19)41(29,30,31,32)33)22(16-10-17(26)12-35-11-16)23(39)36-18-6-8-25(27,28)9-7-18/h2-5,10-12,15,18,21-22H,6-9,13H2,1H3,(H,36,39)/t15-,21+,22?/m0/s1. The lowest BCUT2D eigenvalue weighted by Gasteiger charge is -2.45. The quantitative estimate of drug-likeness (QED) is 0.287. The number of alkyl halides is 2. The van der Waals surface area contributed by atoms with Crippen molar-refractivity contribution in [3.05, 3.63) is 54.1 Å². The van der Waals surface area contributed by atoms with Gasteiger partial charge in [0.05, 0.1) is 6.20 Å². The van der Waals surface area contributed by atoms with Gasteiger partial charge in [-0.2, -0.15) is 5.26 Å². The van der Waals surface area contributed by atoms with E-state index >= 15 is 0 Å². The normalized spacial score (nSPS) is 23.3. The van der Waals surface area contributed by atoms with Crippen molar-refractivity contribution in [1.29, 1.82) is 5.26 Å². The maximum absolute atomic E-state index is 14.2. The smallest absolute Gasteiger partial charge is 0.310 e. The lowest BCUT2D eigenvalue weighted by Crippen LogP contribution is -2.62. The summed E-state index contributed by atoms with van der Waals surface area (Å²) in [5.74, 6) is -6.26. The molecular formula is C25H25F8N5O2S. The van der Waals surface area contributed by atoms with Crippen LogP contribution in [-0.2, 0) is 9.59 Å². The van der Waals surface area contributed by atoms with Crippen LogP contribution in [0, 0.1) is 23.2 Å². The van der Waals surface area contributed by atoms with Crippen LogP contribution in [0.3, 0.4) is 0 Å². The van der Waals surface area contributed by atoms with Crippen molar-refractivity contribution in [2.24, 2.45) is 5.92 Å². The van der Waals surface area contributed by atoms with Gasteiger partial charge in [0.15, 0.2) is 6.19 Å². The predicted molar refractivity (Wildman–Crippen MR) is 133 cm³/mol. The fourth-order valence-electron chi connectivity index (χ4n) is 5.04.